The topological polar surface area (TPSA) is 89.9 Å². The Morgan fingerprint density at radius 1 is 0.750 bits per heavy atom. The van der Waals surface area contributed by atoms with E-state index in [0.717, 1.165) is 44.1 Å². The third kappa shape index (κ3) is 15.2. The fraction of sp³-hybridized carbons (Fsp3) is 0.500. The number of para-hydroxylation sites is 1. The quantitative estimate of drug-likeness (QED) is 0.0809. The maximum absolute atomic E-state index is 13.1. The zero-order valence-corrected chi connectivity index (χ0v) is 24.5. The van der Waals surface area contributed by atoms with Gasteiger partial charge in [0.25, 0.3) is 0 Å². The van der Waals surface area contributed by atoms with Crippen LogP contribution in [0.15, 0.2) is 61.2 Å². The molecule has 0 heterocycles. The first-order valence-corrected chi connectivity index (χ1v) is 14.8. The van der Waals surface area contributed by atoms with Gasteiger partial charge in [0.05, 0.1) is 24.2 Å². The van der Waals surface area contributed by atoms with E-state index in [9.17, 15) is 14.4 Å². The van der Waals surface area contributed by atoms with E-state index in [-0.39, 0.29) is 12.0 Å². The molecule has 0 unspecified atom stereocenters. The van der Waals surface area contributed by atoms with Crippen molar-refractivity contribution in [1.29, 1.82) is 0 Å². The molecule has 0 radical (unpaired) electrons. The summed E-state index contributed by atoms with van der Waals surface area (Å²) in [6.07, 6.45) is 15.9. The molecule has 2 aromatic rings. The number of benzene rings is 2. The van der Waals surface area contributed by atoms with Crippen molar-refractivity contribution in [1.82, 2.24) is 0 Å². The molecule has 0 aliphatic carbocycles. The standard InChI is InChI=1S/C30H42O4.C4H6O2/c1-3-5-7-9-11-14-19-25-20-18-23-27(29(31)34-26-21-15-13-16-22-26)28(25)30(32)33-24-17-12-10-8-6-4-2;1-2-3-4(5)6/h13,15-16,18,20-23H,3-12,14,17,19,24H2,1-2H3;2H,1,3H2,(H,5,6). The second-order valence-corrected chi connectivity index (χ2v) is 9.85. The monoisotopic (exact) mass is 552 g/mol. The van der Waals surface area contributed by atoms with Crippen molar-refractivity contribution in [3.63, 3.8) is 0 Å². The van der Waals surface area contributed by atoms with Gasteiger partial charge in [-0.25, -0.2) is 9.59 Å². The molecule has 0 spiro atoms. The van der Waals surface area contributed by atoms with E-state index in [2.05, 4.69) is 20.4 Å². The van der Waals surface area contributed by atoms with E-state index in [1.165, 1.54) is 51.0 Å². The average molecular weight is 553 g/mol. The number of esters is 2. The molecule has 2 rings (SSSR count). The summed E-state index contributed by atoms with van der Waals surface area (Å²) in [4.78, 5) is 35.6. The van der Waals surface area contributed by atoms with E-state index in [4.69, 9.17) is 14.6 Å². The fourth-order valence-electron chi connectivity index (χ4n) is 4.21. The molecule has 0 aliphatic heterocycles. The molecule has 0 amide bonds. The number of carboxylic acids is 1. The van der Waals surface area contributed by atoms with E-state index < -0.39 is 17.9 Å². The number of ether oxygens (including phenoxy) is 2. The highest BCUT2D eigenvalue weighted by atomic mass is 16.5. The summed E-state index contributed by atoms with van der Waals surface area (Å²) in [6.45, 7) is 8.01. The van der Waals surface area contributed by atoms with Crippen molar-refractivity contribution in [3.8, 4) is 5.75 Å². The Kier molecular flexibility index (Phi) is 19.4. The van der Waals surface area contributed by atoms with Gasteiger partial charge >= 0.3 is 17.9 Å². The second kappa shape index (κ2) is 22.4. The van der Waals surface area contributed by atoms with Crippen LogP contribution in [0.3, 0.4) is 0 Å². The highest BCUT2D eigenvalue weighted by Crippen LogP contribution is 2.22. The number of unbranched alkanes of at least 4 members (excludes halogenated alkanes) is 10. The van der Waals surface area contributed by atoms with Crippen LogP contribution in [0, 0.1) is 0 Å². The SMILES string of the molecule is C=CCC(=O)O.CCCCCCCCOC(=O)c1c(CCCCCCCC)cccc1C(=O)Oc1ccccc1. The molecule has 0 fully saturated rings. The predicted molar refractivity (Wildman–Crippen MR) is 161 cm³/mol. The van der Waals surface area contributed by atoms with Crippen LogP contribution in [0.4, 0.5) is 0 Å². The van der Waals surface area contributed by atoms with E-state index in [1.807, 2.05) is 30.3 Å². The summed E-state index contributed by atoms with van der Waals surface area (Å²) in [5.41, 5.74) is 1.51. The fourth-order valence-corrected chi connectivity index (χ4v) is 4.21. The summed E-state index contributed by atoms with van der Waals surface area (Å²) in [7, 11) is 0. The summed E-state index contributed by atoms with van der Waals surface area (Å²) in [5.74, 6) is -1.32. The van der Waals surface area contributed by atoms with Gasteiger partial charge < -0.3 is 14.6 Å². The number of aryl methyl sites for hydroxylation is 1. The molecular weight excluding hydrogens is 504 g/mol. The van der Waals surface area contributed by atoms with Crippen LogP contribution < -0.4 is 4.74 Å². The molecule has 40 heavy (non-hydrogen) atoms. The Morgan fingerprint density at radius 2 is 1.35 bits per heavy atom. The Balaban J connectivity index is 0.00000120. The number of hydrogen-bond acceptors (Lipinski definition) is 5. The number of hydrogen-bond donors (Lipinski definition) is 1. The largest absolute Gasteiger partial charge is 0.481 e. The minimum absolute atomic E-state index is 0.0556. The van der Waals surface area contributed by atoms with Gasteiger partial charge in [-0.05, 0) is 43.0 Å². The van der Waals surface area contributed by atoms with Crippen LogP contribution in [0.25, 0.3) is 0 Å². The second-order valence-electron chi connectivity index (χ2n) is 9.85. The predicted octanol–water partition coefficient (Wildman–Crippen LogP) is 8.97. The molecule has 6 heteroatoms. The third-order valence-corrected chi connectivity index (χ3v) is 6.38. The number of carboxylic acid groups (broad SMARTS) is 1. The Labute approximate surface area is 240 Å². The van der Waals surface area contributed by atoms with Crippen molar-refractivity contribution in [2.75, 3.05) is 6.61 Å². The van der Waals surface area contributed by atoms with Gasteiger partial charge in [0, 0.05) is 0 Å². The van der Waals surface area contributed by atoms with Gasteiger partial charge in [-0.1, -0.05) is 114 Å². The molecule has 0 saturated heterocycles. The van der Waals surface area contributed by atoms with Crippen LogP contribution in [-0.2, 0) is 16.0 Å². The normalized spacial score (nSPS) is 10.2. The molecule has 220 valence electrons. The Morgan fingerprint density at radius 3 is 1.93 bits per heavy atom. The Bertz CT molecular complexity index is 999. The molecular formula is C34H48O6. The zero-order chi connectivity index (χ0) is 29.4. The summed E-state index contributed by atoms with van der Waals surface area (Å²) >= 11 is 0. The van der Waals surface area contributed by atoms with Gasteiger partial charge in [0.1, 0.15) is 5.75 Å². The van der Waals surface area contributed by atoms with E-state index in [0.29, 0.717) is 17.9 Å². The summed E-state index contributed by atoms with van der Waals surface area (Å²) < 4.78 is 11.2. The first-order valence-electron chi connectivity index (χ1n) is 14.8. The van der Waals surface area contributed by atoms with Crippen LogP contribution in [0.2, 0.25) is 0 Å². The van der Waals surface area contributed by atoms with Crippen molar-refractivity contribution in [3.05, 3.63) is 77.9 Å². The van der Waals surface area contributed by atoms with Crippen LogP contribution in [0.1, 0.15) is 124 Å². The minimum atomic E-state index is -0.829. The first-order chi connectivity index (χ1) is 19.4. The van der Waals surface area contributed by atoms with Crippen molar-refractivity contribution in [2.45, 2.75) is 104 Å². The van der Waals surface area contributed by atoms with E-state index >= 15 is 0 Å². The lowest BCUT2D eigenvalue weighted by Crippen LogP contribution is -2.18. The van der Waals surface area contributed by atoms with Gasteiger partial charge in [-0.3, -0.25) is 4.79 Å². The van der Waals surface area contributed by atoms with Crippen molar-refractivity contribution >= 4 is 17.9 Å². The van der Waals surface area contributed by atoms with Gasteiger partial charge in [0.15, 0.2) is 0 Å². The number of carbonyl (C=O) groups is 3. The molecule has 6 nitrogen and oxygen atoms in total. The lowest BCUT2D eigenvalue weighted by Gasteiger charge is -2.14. The van der Waals surface area contributed by atoms with Gasteiger partial charge in [-0.2, -0.15) is 0 Å². The smallest absolute Gasteiger partial charge is 0.344 e. The number of carbonyl (C=O) groups excluding carboxylic acids is 2. The minimum Gasteiger partial charge on any atom is -0.481 e. The van der Waals surface area contributed by atoms with Crippen LogP contribution in [0.5, 0.6) is 5.75 Å². The molecule has 0 saturated carbocycles. The van der Waals surface area contributed by atoms with Crippen LogP contribution in [-0.4, -0.2) is 29.6 Å². The molecule has 0 atom stereocenters. The highest BCUT2D eigenvalue weighted by Gasteiger charge is 2.23. The number of rotatable bonds is 19. The summed E-state index contributed by atoms with van der Waals surface area (Å²) in [5, 5.41) is 7.84. The van der Waals surface area contributed by atoms with Crippen LogP contribution >= 0.6 is 0 Å². The molecule has 2 aromatic carbocycles. The molecule has 0 bridgehead atoms. The average Bonchev–Trinajstić information content (AvgIpc) is 2.95. The summed E-state index contributed by atoms with van der Waals surface area (Å²) in [6, 6.07) is 14.4. The molecule has 1 N–H and O–H groups in total. The first kappa shape index (κ1) is 34.6. The van der Waals surface area contributed by atoms with Gasteiger partial charge in [0.2, 0.25) is 0 Å². The van der Waals surface area contributed by atoms with E-state index in [1.54, 1.807) is 18.2 Å². The zero-order valence-electron chi connectivity index (χ0n) is 24.5. The van der Waals surface area contributed by atoms with Crippen molar-refractivity contribution in [2.24, 2.45) is 0 Å². The maximum atomic E-state index is 13.1. The Hall–Kier alpha value is -3.41. The van der Waals surface area contributed by atoms with Crippen molar-refractivity contribution < 1.29 is 29.0 Å². The molecule has 0 aliphatic rings. The lowest BCUT2D eigenvalue weighted by atomic mass is 9.96. The third-order valence-electron chi connectivity index (χ3n) is 6.38. The highest BCUT2D eigenvalue weighted by molar-refractivity contribution is 6.04. The van der Waals surface area contributed by atoms with Gasteiger partial charge in [-0.15, -0.1) is 6.58 Å². The molecule has 0 aromatic heterocycles. The number of aliphatic carboxylic acids is 1. The maximum Gasteiger partial charge on any atom is 0.344 e. The lowest BCUT2D eigenvalue weighted by molar-refractivity contribution is -0.136.